The van der Waals surface area contributed by atoms with E-state index >= 15 is 0 Å². The molecule has 21 heteroatoms. The molecule has 9 rings (SSSR count). The molecule has 1 amide bonds. The van der Waals surface area contributed by atoms with Crippen molar-refractivity contribution in [2.24, 2.45) is 5.41 Å². The van der Waals surface area contributed by atoms with Gasteiger partial charge >= 0.3 is 0 Å². The molecule has 0 radical (unpaired) electrons. The van der Waals surface area contributed by atoms with Gasteiger partial charge in [0.15, 0.2) is 11.4 Å². The monoisotopic (exact) mass is 987 g/mol. The van der Waals surface area contributed by atoms with Gasteiger partial charge in [0.2, 0.25) is 10.0 Å². The number of benzene rings is 3. The van der Waals surface area contributed by atoms with Crippen LogP contribution in [0.25, 0.3) is 16.6 Å². The molecule has 5 heterocycles. The Balaban J connectivity index is 0.919. The normalized spacial score (nSPS) is 19.5. The van der Waals surface area contributed by atoms with Crippen LogP contribution in [0, 0.1) is 15.5 Å². The number of rotatable bonds is 13. The van der Waals surface area contributed by atoms with Crippen molar-refractivity contribution >= 4 is 71.2 Å². The van der Waals surface area contributed by atoms with Crippen LogP contribution in [0.5, 0.6) is 17.2 Å². The van der Waals surface area contributed by atoms with Crippen LogP contribution in [-0.4, -0.2) is 136 Å². The van der Waals surface area contributed by atoms with Crippen LogP contribution in [-0.2, 0) is 20.0 Å². The molecule has 3 aliphatic heterocycles. The number of hydrogen-bond acceptors (Lipinski definition) is 14. The molecule has 2 fully saturated rings. The summed E-state index contributed by atoms with van der Waals surface area (Å²) in [5.41, 5.74) is 5.05. The first-order valence-electron chi connectivity index (χ1n) is 22.5. The van der Waals surface area contributed by atoms with Gasteiger partial charge in [0.05, 0.1) is 33.9 Å². The molecular formula is C47H54ClN9O9S2. The quantitative estimate of drug-likeness (QED) is 0.0842. The van der Waals surface area contributed by atoms with Crippen LogP contribution >= 0.6 is 11.6 Å². The van der Waals surface area contributed by atoms with Gasteiger partial charge in [-0.05, 0) is 72.2 Å². The lowest BCUT2D eigenvalue weighted by atomic mass is 9.72. The average molecular weight is 989 g/mol. The van der Waals surface area contributed by atoms with Crippen LogP contribution in [0.3, 0.4) is 0 Å². The standard InChI is InChI=1S/C47H54ClN9O9S2/c1-47(2)12-10-33(40(26-47)31-4-6-34(48)7-5-31)28-53-14-18-55(19-15-53)36-8-9-39(42(23-36)66-37-22-32-11-13-49-45(32)50-27-37)46(58)52-68(63,64)38-24-41(57(59)60)44-43(25-38)65-30-35(51-44)29-54-16-20-56(21-17-54)67(3,61)62/h4-9,11,13,22-25,27,35,51H,10,12,14-21,26,28-30H2,1-3H3,(H,49,50)(H,52,58)/t35-/m0/s1. The first-order chi connectivity index (χ1) is 32.4. The maximum Gasteiger partial charge on any atom is 0.297 e. The molecule has 360 valence electrons. The third-order valence-electron chi connectivity index (χ3n) is 13.2. The lowest BCUT2D eigenvalue weighted by Crippen LogP contribution is -2.52. The Kier molecular flexibility index (Phi) is 13.2. The minimum atomic E-state index is -4.71. The molecule has 5 aromatic rings. The number of nitro groups is 1. The minimum absolute atomic E-state index is 0.00390. The van der Waals surface area contributed by atoms with Gasteiger partial charge in [-0.1, -0.05) is 43.2 Å². The summed E-state index contributed by atoms with van der Waals surface area (Å²) in [6.45, 7) is 10.5. The van der Waals surface area contributed by atoms with E-state index in [1.165, 1.54) is 39.5 Å². The van der Waals surface area contributed by atoms with Gasteiger partial charge in [-0.15, -0.1) is 0 Å². The van der Waals surface area contributed by atoms with Crippen LogP contribution in [0.1, 0.15) is 49.0 Å². The van der Waals surface area contributed by atoms with Crippen molar-refractivity contribution in [3.05, 3.63) is 111 Å². The Morgan fingerprint density at radius 2 is 1.71 bits per heavy atom. The number of piperazine rings is 2. The first kappa shape index (κ1) is 47.3. The Morgan fingerprint density at radius 1 is 0.971 bits per heavy atom. The van der Waals surface area contributed by atoms with Crippen molar-refractivity contribution in [2.75, 3.05) is 88.5 Å². The first-order valence-corrected chi connectivity index (χ1v) is 26.2. The van der Waals surface area contributed by atoms with E-state index < -0.39 is 47.5 Å². The Labute approximate surface area is 400 Å². The fourth-order valence-corrected chi connectivity index (χ4v) is 11.4. The van der Waals surface area contributed by atoms with Crippen molar-refractivity contribution in [3.8, 4) is 17.2 Å². The number of carbonyl (C=O) groups is 1. The summed E-state index contributed by atoms with van der Waals surface area (Å²) >= 11 is 6.25. The van der Waals surface area contributed by atoms with E-state index in [2.05, 4.69) is 55.8 Å². The number of halogens is 1. The van der Waals surface area contributed by atoms with Gasteiger partial charge in [0.1, 0.15) is 23.8 Å². The Bertz CT molecular complexity index is 3000. The van der Waals surface area contributed by atoms with Crippen molar-refractivity contribution in [2.45, 2.75) is 44.0 Å². The minimum Gasteiger partial charge on any atom is -0.489 e. The van der Waals surface area contributed by atoms with E-state index in [1.54, 1.807) is 24.4 Å². The van der Waals surface area contributed by atoms with Gasteiger partial charge in [0, 0.05) is 106 Å². The number of pyridine rings is 1. The van der Waals surface area contributed by atoms with Crippen molar-refractivity contribution in [1.82, 2.24) is 28.8 Å². The molecule has 3 N–H and O–H groups in total. The van der Waals surface area contributed by atoms with Gasteiger partial charge in [-0.3, -0.25) is 24.7 Å². The van der Waals surface area contributed by atoms with E-state index in [9.17, 15) is 31.7 Å². The number of anilines is 2. The van der Waals surface area contributed by atoms with E-state index in [0.29, 0.717) is 62.2 Å². The molecule has 1 aliphatic carbocycles. The second-order valence-electron chi connectivity index (χ2n) is 18.7. The molecular weight excluding hydrogens is 934 g/mol. The van der Waals surface area contributed by atoms with E-state index in [1.807, 2.05) is 23.1 Å². The smallest absolute Gasteiger partial charge is 0.297 e. The predicted octanol–water partition coefficient (Wildman–Crippen LogP) is 6.57. The topological polar surface area (TPSA) is 213 Å². The zero-order valence-electron chi connectivity index (χ0n) is 38.0. The number of nitrogens with zero attached hydrogens (tertiary/aromatic N) is 6. The highest BCUT2D eigenvalue weighted by molar-refractivity contribution is 7.90. The largest absolute Gasteiger partial charge is 0.489 e. The number of ether oxygens (including phenoxy) is 2. The van der Waals surface area contributed by atoms with E-state index in [0.717, 1.165) is 62.1 Å². The number of aromatic amines is 1. The number of allylic oxidation sites excluding steroid dienone is 1. The number of sulfonamides is 2. The average Bonchev–Trinajstić information content (AvgIpc) is 3.77. The number of amides is 1. The Morgan fingerprint density at radius 3 is 2.43 bits per heavy atom. The van der Waals surface area contributed by atoms with Gasteiger partial charge < -0.3 is 24.7 Å². The van der Waals surface area contributed by atoms with Crippen LogP contribution in [0.15, 0.2) is 89.6 Å². The molecule has 0 spiro atoms. The maximum atomic E-state index is 14.1. The SMILES string of the molecule is CC1(C)CCC(CN2CCN(c3ccc(C(=O)NS(=O)(=O)c4cc5c(c([N+](=O)[O-])c4)N[C@@H](CN4CCN(S(C)(=O)=O)CC4)CO5)c(Oc4cnc5[nH]ccc5c4)c3)CC2)=C(c2ccc(Cl)cc2)C1. The van der Waals surface area contributed by atoms with Crippen LogP contribution in [0.4, 0.5) is 17.1 Å². The number of nitro benzene ring substituents is 1. The van der Waals surface area contributed by atoms with Crippen molar-refractivity contribution in [3.63, 3.8) is 0 Å². The lowest BCUT2D eigenvalue weighted by Gasteiger charge is -2.39. The summed E-state index contributed by atoms with van der Waals surface area (Å²) in [6.07, 6.45) is 7.56. The highest BCUT2D eigenvalue weighted by Gasteiger charge is 2.34. The highest BCUT2D eigenvalue weighted by Crippen LogP contribution is 2.44. The summed E-state index contributed by atoms with van der Waals surface area (Å²) in [4.78, 5) is 39.4. The van der Waals surface area contributed by atoms with E-state index in [4.69, 9.17) is 21.1 Å². The summed E-state index contributed by atoms with van der Waals surface area (Å²) < 4.78 is 67.6. The number of aromatic nitrogens is 2. The molecule has 2 saturated heterocycles. The lowest BCUT2D eigenvalue weighted by molar-refractivity contribution is -0.384. The number of hydrogen-bond donors (Lipinski definition) is 3. The highest BCUT2D eigenvalue weighted by atomic mass is 35.5. The van der Waals surface area contributed by atoms with Crippen molar-refractivity contribution in [1.29, 1.82) is 0 Å². The number of H-pyrrole nitrogens is 1. The number of nitrogens with one attached hydrogen (secondary N) is 3. The molecule has 18 nitrogen and oxygen atoms in total. The number of fused-ring (bicyclic) bond motifs is 2. The molecule has 68 heavy (non-hydrogen) atoms. The third-order valence-corrected chi connectivity index (χ3v) is 16.1. The predicted molar refractivity (Wildman–Crippen MR) is 261 cm³/mol. The van der Waals surface area contributed by atoms with Gasteiger partial charge in [-0.2, -0.15) is 4.31 Å². The van der Waals surface area contributed by atoms with E-state index in [-0.39, 0.29) is 34.8 Å². The third kappa shape index (κ3) is 10.6. The number of carbonyl (C=O) groups excluding carboxylic acids is 1. The van der Waals surface area contributed by atoms with Crippen LogP contribution in [0.2, 0.25) is 5.02 Å². The second-order valence-corrected chi connectivity index (χ2v) is 22.8. The summed E-state index contributed by atoms with van der Waals surface area (Å²) in [5, 5.41) is 17.0. The molecule has 1 atom stereocenters. The Hall–Kier alpha value is -5.77. The van der Waals surface area contributed by atoms with Gasteiger partial charge in [0.25, 0.3) is 21.6 Å². The molecule has 3 aromatic carbocycles. The van der Waals surface area contributed by atoms with Gasteiger partial charge in [-0.25, -0.2) is 26.5 Å². The summed E-state index contributed by atoms with van der Waals surface area (Å²) in [7, 11) is -8.03. The molecule has 2 aromatic heterocycles. The fourth-order valence-electron chi connectivity index (χ4n) is 9.44. The molecule has 0 saturated carbocycles. The van der Waals surface area contributed by atoms with Crippen LogP contribution < -0.4 is 24.4 Å². The summed E-state index contributed by atoms with van der Waals surface area (Å²) in [5.74, 6) is -0.666. The zero-order valence-corrected chi connectivity index (χ0v) is 40.4. The maximum absolute atomic E-state index is 14.1. The molecule has 4 aliphatic rings. The fraction of sp³-hybridized carbons (Fsp3) is 0.404. The van der Waals surface area contributed by atoms with Crippen molar-refractivity contribution < 1.29 is 36.0 Å². The molecule has 0 unspecified atom stereocenters. The molecule has 0 bridgehead atoms. The zero-order chi connectivity index (χ0) is 48.0. The summed E-state index contributed by atoms with van der Waals surface area (Å²) in [6, 6.07) is 18.3. The second kappa shape index (κ2) is 19.0.